The highest BCUT2D eigenvalue weighted by molar-refractivity contribution is 6.07. The van der Waals surface area contributed by atoms with E-state index in [9.17, 15) is 9.18 Å². The number of allylic oxidation sites excluding steroid dienone is 2. The summed E-state index contributed by atoms with van der Waals surface area (Å²) in [5, 5.41) is 11.5. The van der Waals surface area contributed by atoms with Crippen LogP contribution in [0.2, 0.25) is 0 Å². The number of fused-ring (bicyclic) bond motifs is 1. The molecule has 5 aromatic rings. The fourth-order valence-electron chi connectivity index (χ4n) is 6.47. The molecule has 226 valence electrons. The van der Waals surface area contributed by atoms with Gasteiger partial charge in [-0.05, 0) is 111 Å². The zero-order valence-electron chi connectivity index (χ0n) is 24.8. The van der Waals surface area contributed by atoms with Crippen molar-refractivity contribution in [3.63, 3.8) is 0 Å². The number of hydrogen-bond donors (Lipinski definition) is 2. The minimum atomic E-state index is -0.277. The van der Waals surface area contributed by atoms with E-state index in [1.54, 1.807) is 29.0 Å². The van der Waals surface area contributed by atoms with E-state index in [4.69, 9.17) is 10.1 Å². The van der Waals surface area contributed by atoms with Crippen molar-refractivity contribution in [3.05, 3.63) is 102 Å². The fourth-order valence-corrected chi connectivity index (χ4v) is 6.47. The van der Waals surface area contributed by atoms with Crippen LogP contribution in [0, 0.1) is 5.82 Å². The van der Waals surface area contributed by atoms with Crippen LogP contribution in [0.5, 0.6) is 0 Å². The van der Waals surface area contributed by atoms with Crippen molar-refractivity contribution >= 4 is 22.9 Å². The van der Waals surface area contributed by atoms with Crippen LogP contribution in [0.3, 0.4) is 0 Å². The van der Waals surface area contributed by atoms with Crippen molar-refractivity contribution in [1.82, 2.24) is 34.4 Å². The number of carbonyl (C=O) groups excluding carboxylic acids is 1. The van der Waals surface area contributed by atoms with Gasteiger partial charge in [0, 0.05) is 35.5 Å². The van der Waals surface area contributed by atoms with E-state index in [0.717, 1.165) is 91.2 Å². The monoisotopic (exact) mass is 600 g/mol. The predicted molar refractivity (Wildman–Crippen MR) is 171 cm³/mol. The average molecular weight is 601 g/mol. The van der Waals surface area contributed by atoms with Gasteiger partial charge in [-0.25, -0.2) is 18.9 Å². The maximum atomic E-state index is 13.9. The molecule has 5 heterocycles. The largest absolute Gasteiger partial charge is 0.323 e. The quantitative estimate of drug-likeness (QED) is 0.226. The summed E-state index contributed by atoms with van der Waals surface area (Å²) in [6.07, 6.45) is 15.1. The van der Waals surface area contributed by atoms with Gasteiger partial charge < -0.3 is 15.2 Å². The van der Waals surface area contributed by atoms with Crippen LogP contribution in [0.4, 0.5) is 10.2 Å². The van der Waals surface area contributed by atoms with E-state index >= 15 is 0 Å². The maximum Gasteiger partial charge on any atom is 0.256 e. The number of halogens is 1. The zero-order chi connectivity index (χ0) is 30.3. The molecular weight excluding hydrogens is 567 g/mol. The first-order valence-electron chi connectivity index (χ1n) is 15.7. The number of carbonyl (C=O) groups is 1. The van der Waals surface area contributed by atoms with Gasteiger partial charge in [-0.1, -0.05) is 12.1 Å². The first kappa shape index (κ1) is 27.6. The van der Waals surface area contributed by atoms with Crippen LogP contribution in [0.25, 0.3) is 33.9 Å². The van der Waals surface area contributed by atoms with Crippen molar-refractivity contribution in [2.75, 3.05) is 18.4 Å². The standard InChI is InChI=1S/C35H33FN8O/c36-27-10-8-22(9-11-27)32-33(44(28-14-17-37-18-15-28)34(41-32)23-6-7-23)29-12-13-31-39-30(21-43(31)42-29)40-35(45)25-4-1-3-24(19-25)26-5-2-16-38-20-26/h2,4-5,8-13,16,19-21,23,28,37H,1,3,6-7,14-15,17-18H2,(H,40,45). The van der Waals surface area contributed by atoms with Crippen LogP contribution in [0.1, 0.15) is 61.9 Å². The summed E-state index contributed by atoms with van der Waals surface area (Å²) in [5.41, 5.74) is 6.72. The normalized spacial score (nSPS) is 17.3. The molecule has 45 heavy (non-hydrogen) atoms. The van der Waals surface area contributed by atoms with E-state index < -0.39 is 0 Å². The highest BCUT2D eigenvalue weighted by atomic mass is 19.1. The maximum absolute atomic E-state index is 13.9. The molecule has 9 nitrogen and oxygen atoms in total. The Hall–Kier alpha value is -4.96. The summed E-state index contributed by atoms with van der Waals surface area (Å²) in [6.45, 7) is 1.90. The zero-order valence-corrected chi connectivity index (χ0v) is 24.8. The summed E-state index contributed by atoms with van der Waals surface area (Å²) >= 11 is 0. The van der Waals surface area contributed by atoms with Crippen molar-refractivity contribution in [1.29, 1.82) is 0 Å². The number of hydrogen-bond acceptors (Lipinski definition) is 6. The molecule has 3 aliphatic rings. The highest BCUT2D eigenvalue weighted by Gasteiger charge is 2.35. The first-order valence-corrected chi connectivity index (χ1v) is 15.7. The molecular formula is C35H33FN8O. The van der Waals surface area contributed by atoms with Crippen LogP contribution in [-0.4, -0.2) is 48.1 Å². The Labute approximate surface area is 259 Å². The molecule has 2 N–H and O–H groups in total. The van der Waals surface area contributed by atoms with Crippen molar-refractivity contribution < 1.29 is 9.18 Å². The Morgan fingerprint density at radius 3 is 2.60 bits per heavy atom. The van der Waals surface area contributed by atoms with E-state index in [1.165, 1.54) is 12.1 Å². The summed E-state index contributed by atoms with van der Waals surface area (Å²) in [4.78, 5) is 27.3. The molecule has 0 spiro atoms. The van der Waals surface area contributed by atoms with Gasteiger partial charge in [0.2, 0.25) is 0 Å². The lowest BCUT2D eigenvalue weighted by molar-refractivity contribution is -0.112. The summed E-state index contributed by atoms with van der Waals surface area (Å²) in [7, 11) is 0. The number of anilines is 1. The predicted octanol–water partition coefficient (Wildman–Crippen LogP) is 6.34. The second-order valence-corrected chi connectivity index (χ2v) is 12.0. The minimum absolute atomic E-state index is 0.212. The van der Waals surface area contributed by atoms with E-state index in [0.29, 0.717) is 29.0 Å². The van der Waals surface area contributed by atoms with Gasteiger partial charge in [0.15, 0.2) is 11.5 Å². The van der Waals surface area contributed by atoms with Crippen LogP contribution in [0.15, 0.2) is 84.8 Å². The average Bonchev–Trinajstić information content (AvgIpc) is 3.74. The lowest BCUT2D eigenvalue weighted by Crippen LogP contribution is -2.30. The van der Waals surface area contributed by atoms with Crippen molar-refractivity contribution in [3.8, 4) is 22.6 Å². The second kappa shape index (κ2) is 11.5. The van der Waals surface area contributed by atoms with Gasteiger partial charge in [0.25, 0.3) is 5.91 Å². The summed E-state index contributed by atoms with van der Waals surface area (Å²) < 4.78 is 18.0. The van der Waals surface area contributed by atoms with Gasteiger partial charge in [0.05, 0.1) is 17.6 Å². The Morgan fingerprint density at radius 1 is 0.978 bits per heavy atom. The molecule has 0 radical (unpaired) electrons. The highest BCUT2D eigenvalue weighted by Crippen LogP contribution is 2.46. The van der Waals surface area contributed by atoms with Crippen LogP contribution >= 0.6 is 0 Å². The number of imidazole rings is 2. The Balaban J connectivity index is 1.15. The molecule has 8 rings (SSSR count). The van der Waals surface area contributed by atoms with Gasteiger partial charge in [-0.3, -0.25) is 9.78 Å². The smallest absolute Gasteiger partial charge is 0.256 e. The molecule has 1 amide bonds. The summed E-state index contributed by atoms with van der Waals surface area (Å²) in [5.74, 6) is 1.46. The lowest BCUT2D eigenvalue weighted by atomic mass is 9.94. The molecule has 10 heteroatoms. The molecule has 2 fully saturated rings. The van der Waals surface area contributed by atoms with Gasteiger partial charge >= 0.3 is 0 Å². The molecule has 1 saturated heterocycles. The van der Waals surface area contributed by atoms with E-state index in [-0.39, 0.29) is 11.7 Å². The van der Waals surface area contributed by atoms with Crippen molar-refractivity contribution in [2.24, 2.45) is 0 Å². The number of nitrogens with zero attached hydrogens (tertiary/aromatic N) is 6. The first-order chi connectivity index (χ1) is 22.1. The Kier molecular flexibility index (Phi) is 7.06. The van der Waals surface area contributed by atoms with Crippen molar-refractivity contribution in [2.45, 2.75) is 50.5 Å². The van der Waals surface area contributed by atoms with E-state index in [1.807, 2.05) is 42.6 Å². The molecule has 1 aliphatic heterocycles. The third-order valence-corrected chi connectivity index (χ3v) is 8.88. The molecule has 0 bridgehead atoms. The number of aromatic nitrogens is 6. The lowest BCUT2D eigenvalue weighted by Gasteiger charge is -2.27. The van der Waals surface area contributed by atoms with E-state index in [2.05, 4.69) is 25.2 Å². The topological polar surface area (TPSA) is 102 Å². The number of nitrogens with one attached hydrogen (secondary N) is 2. The number of rotatable bonds is 7. The number of benzene rings is 1. The van der Waals surface area contributed by atoms with Crippen LogP contribution < -0.4 is 10.6 Å². The number of pyridine rings is 1. The molecule has 1 saturated carbocycles. The van der Waals surface area contributed by atoms with Gasteiger partial charge in [0.1, 0.15) is 17.3 Å². The molecule has 0 atom stereocenters. The Morgan fingerprint density at radius 2 is 1.82 bits per heavy atom. The molecule has 4 aromatic heterocycles. The van der Waals surface area contributed by atoms with Gasteiger partial charge in [-0.15, -0.1) is 0 Å². The molecule has 1 aromatic carbocycles. The van der Waals surface area contributed by atoms with Crippen LogP contribution in [-0.2, 0) is 4.79 Å². The Bertz CT molecular complexity index is 1950. The van der Waals surface area contributed by atoms with Gasteiger partial charge in [-0.2, -0.15) is 5.10 Å². The summed E-state index contributed by atoms with van der Waals surface area (Å²) in [6, 6.07) is 14.7. The second-order valence-electron chi connectivity index (χ2n) is 12.0. The third kappa shape index (κ3) is 5.46. The number of amides is 1. The molecule has 2 aliphatic carbocycles. The number of piperidine rings is 1. The minimum Gasteiger partial charge on any atom is -0.323 e. The molecule has 0 unspecified atom stereocenters. The SMILES string of the molecule is O=C(Nc1cn2nc(-c3c(-c4ccc(F)cc4)nc(C4CC4)n3C3CCNCC3)ccc2n1)C1=CCCC(c2cccnc2)=C1. The third-order valence-electron chi connectivity index (χ3n) is 8.88. The fraction of sp³-hybridized carbons (Fsp3) is 0.286.